The fraction of sp³-hybridized carbons (Fsp3) is 0.538. The normalized spacial score (nSPS) is 12.8. The molecule has 1 rings (SSSR count). The lowest BCUT2D eigenvalue weighted by atomic mass is 10.1. The molecule has 0 heterocycles. The Balaban J connectivity index is 2.54. The second-order valence-electron chi connectivity index (χ2n) is 4.03. The molecule has 2 N–H and O–H groups in total. The number of rotatable bonds is 6. The van der Waals surface area contributed by atoms with Gasteiger partial charge in [0.1, 0.15) is 0 Å². The maximum Gasteiger partial charge on any atom is 0.0545 e. The van der Waals surface area contributed by atoms with Crippen LogP contribution in [-0.2, 0) is 0 Å². The zero-order valence-electron chi connectivity index (χ0n) is 10.0. The molecule has 1 aromatic carbocycles. The third-order valence-corrected chi connectivity index (χ3v) is 4.07. The van der Waals surface area contributed by atoms with Crippen molar-refractivity contribution in [3.63, 3.8) is 0 Å². The lowest BCUT2D eigenvalue weighted by Crippen LogP contribution is -2.04. The Morgan fingerprint density at radius 2 is 2.12 bits per heavy atom. The third kappa shape index (κ3) is 4.36. The van der Waals surface area contributed by atoms with Gasteiger partial charge >= 0.3 is 0 Å². The van der Waals surface area contributed by atoms with Crippen LogP contribution < -0.4 is 5.73 Å². The summed E-state index contributed by atoms with van der Waals surface area (Å²) in [5.74, 6) is 1.14. The third-order valence-electron chi connectivity index (χ3n) is 2.49. The van der Waals surface area contributed by atoms with Crippen LogP contribution in [0.3, 0.4) is 0 Å². The molecule has 16 heavy (non-hydrogen) atoms. The van der Waals surface area contributed by atoms with E-state index in [2.05, 4.69) is 19.1 Å². The molecular weight excluding hydrogens is 238 g/mol. The monoisotopic (exact) mass is 257 g/mol. The lowest BCUT2D eigenvalue weighted by Gasteiger charge is -2.09. The van der Waals surface area contributed by atoms with E-state index in [0.717, 1.165) is 16.3 Å². The number of thioether (sulfide) groups is 1. The van der Waals surface area contributed by atoms with Crippen molar-refractivity contribution in [2.75, 3.05) is 5.75 Å². The number of hydrogen-bond donors (Lipinski definition) is 1. The van der Waals surface area contributed by atoms with Crippen LogP contribution in [0, 0.1) is 0 Å². The van der Waals surface area contributed by atoms with E-state index in [1.165, 1.54) is 24.2 Å². The van der Waals surface area contributed by atoms with Crippen molar-refractivity contribution in [3.8, 4) is 0 Å². The van der Waals surface area contributed by atoms with Crippen LogP contribution in [-0.4, -0.2) is 5.75 Å². The predicted molar refractivity (Wildman–Crippen MR) is 74.3 cm³/mol. The van der Waals surface area contributed by atoms with E-state index in [1.54, 1.807) is 0 Å². The van der Waals surface area contributed by atoms with Gasteiger partial charge in [-0.05, 0) is 36.8 Å². The highest BCUT2D eigenvalue weighted by Gasteiger charge is 2.05. The molecule has 0 spiro atoms. The summed E-state index contributed by atoms with van der Waals surface area (Å²) in [5, 5.41) is 0.830. The minimum atomic E-state index is 0.0524. The Hall–Kier alpha value is -0.180. The zero-order valence-corrected chi connectivity index (χ0v) is 11.6. The standard InChI is InChI=1S/C13H20ClNS/c1-3-4-5-8-16-13-7-6-11(10(2)15)9-12(13)14/h6-7,9-10H,3-5,8,15H2,1-2H3. The SMILES string of the molecule is CCCCCSc1ccc(C(C)N)cc1Cl. The molecule has 0 fully saturated rings. The first kappa shape index (κ1) is 13.9. The van der Waals surface area contributed by atoms with Gasteiger partial charge in [-0.15, -0.1) is 11.8 Å². The molecular formula is C13H20ClNS. The van der Waals surface area contributed by atoms with Crippen molar-refractivity contribution in [1.29, 1.82) is 0 Å². The Morgan fingerprint density at radius 1 is 1.38 bits per heavy atom. The summed E-state index contributed by atoms with van der Waals surface area (Å²) in [6.45, 7) is 4.19. The molecule has 1 aromatic rings. The van der Waals surface area contributed by atoms with Crippen LogP contribution in [0.4, 0.5) is 0 Å². The van der Waals surface area contributed by atoms with E-state index in [9.17, 15) is 0 Å². The van der Waals surface area contributed by atoms with Crippen molar-refractivity contribution in [3.05, 3.63) is 28.8 Å². The average Bonchev–Trinajstić information content (AvgIpc) is 2.26. The quantitative estimate of drug-likeness (QED) is 0.593. The molecule has 0 aliphatic heterocycles. The van der Waals surface area contributed by atoms with E-state index in [1.807, 2.05) is 24.8 Å². The van der Waals surface area contributed by atoms with Gasteiger partial charge in [-0.3, -0.25) is 0 Å². The zero-order chi connectivity index (χ0) is 12.0. The highest BCUT2D eigenvalue weighted by atomic mass is 35.5. The number of benzene rings is 1. The molecule has 1 atom stereocenters. The number of halogens is 1. The van der Waals surface area contributed by atoms with Crippen LogP contribution in [0.5, 0.6) is 0 Å². The molecule has 1 unspecified atom stereocenters. The fourth-order valence-corrected chi connectivity index (χ4v) is 2.73. The summed E-state index contributed by atoms with van der Waals surface area (Å²) in [6, 6.07) is 6.18. The van der Waals surface area contributed by atoms with Gasteiger partial charge < -0.3 is 5.73 Å². The van der Waals surface area contributed by atoms with Crippen LogP contribution in [0.25, 0.3) is 0 Å². The van der Waals surface area contributed by atoms with Crippen LogP contribution in [0.2, 0.25) is 5.02 Å². The average molecular weight is 258 g/mol. The highest BCUT2D eigenvalue weighted by Crippen LogP contribution is 2.30. The molecule has 0 saturated heterocycles. The second kappa shape index (κ2) is 7.21. The van der Waals surface area contributed by atoms with Crippen molar-refractivity contribution >= 4 is 23.4 Å². The van der Waals surface area contributed by atoms with E-state index >= 15 is 0 Å². The summed E-state index contributed by atoms with van der Waals surface area (Å²) in [5.41, 5.74) is 6.91. The molecule has 0 bridgehead atoms. The molecule has 1 nitrogen and oxygen atoms in total. The van der Waals surface area contributed by atoms with E-state index in [0.29, 0.717) is 0 Å². The van der Waals surface area contributed by atoms with E-state index in [4.69, 9.17) is 17.3 Å². The molecule has 0 aliphatic carbocycles. The van der Waals surface area contributed by atoms with Gasteiger partial charge in [-0.25, -0.2) is 0 Å². The Bertz CT molecular complexity index is 326. The first-order chi connectivity index (χ1) is 7.65. The van der Waals surface area contributed by atoms with Gasteiger partial charge in [-0.1, -0.05) is 37.4 Å². The van der Waals surface area contributed by atoms with Crippen molar-refractivity contribution < 1.29 is 0 Å². The smallest absolute Gasteiger partial charge is 0.0545 e. The number of unbranched alkanes of at least 4 members (excludes halogenated alkanes) is 2. The van der Waals surface area contributed by atoms with E-state index in [-0.39, 0.29) is 6.04 Å². The second-order valence-corrected chi connectivity index (χ2v) is 5.58. The minimum absolute atomic E-state index is 0.0524. The molecule has 3 heteroatoms. The number of nitrogens with two attached hydrogens (primary N) is 1. The summed E-state index contributed by atoms with van der Waals surface area (Å²) in [4.78, 5) is 1.17. The lowest BCUT2D eigenvalue weighted by molar-refractivity contribution is 0.778. The van der Waals surface area contributed by atoms with Gasteiger partial charge in [0.15, 0.2) is 0 Å². The minimum Gasteiger partial charge on any atom is -0.324 e. The molecule has 0 aromatic heterocycles. The van der Waals surface area contributed by atoms with E-state index < -0.39 is 0 Å². The van der Waals surface area contributed by atoms with Gasteiger partial charge in [0, 0.05) is 10.9 Å². The van der Waals surface area contributed by atoms with Gasteiger partial charge in [0.25, 0.3) is 0 Å². The Morgan fingerprint density at radius 3 is 2.69 bits per heavy atom. The maximum absolute atomic E-state index is 6.21. The largest absolute Gasteiger partial charge is 0.324 e. The van der Waals surface area contributed by atoms with Crippen LogP contribution in [0.15, 0.2) is 23.1 Å². The maximum atomic E-state index is 6.21. The highest BCUT2D eigenvalue weighted by molar-refractivity contribution is 7.99. The van der Waals surface area contributed by atoms with Gasteiger partial charge in [0.2, 0.25) is 0 Å². The van der Waals surface area contributed by atoms with Crippen LogP contribution in [0.1, 0.15) is 44.7 Å². The Labute approximate surface area is 108 Å². The first-order valence-electron chi connectivity index (χ1n) is 5.83. The topological polar surface area (TPSA) is 26.0 Å². The van der Waals surface area contributed by atoms with Crippen molar-refractivity contribution in [2.24, 2.45) is 5.73 Å². The summed E-state index contributed by atoms with van der Waals surface area (Å²) in [7, 11) is 0. The van der Waals surface area contributed by atoms with Crippen LogP contribution >= 0.6 is 23.4 Å². The molecule has 90 valence electrons. The predicted octanol–water partition coefficient (Wildman–Crippen LogP) is 4.64. The van der Waals surface area contributed by atoms with Gasteiger partial charge in [0.05, 0.1) is 5.02 Å². The molecule has 0 amide bonds. The molecule has 0 radical (unpaired) electrons. The fourth-order valence-electron chi connectivity index (χ4n) is 1.45. The summed E-state index contributed by atoms with van der Waals surface area (Å²) in [6.07, 6.45) is 3.81. The number of hydrogen-bond acceptors (Lipinski definition) is 2. The van der Waals surface area contributed by atoms with Crippen molar-refractivity contribution in [1.82, 2.24) is 0 Å². The summed E-state index contributed by atoms with van der Waals surface area (Å²) < 4.78 is 0. The Kier molecular flexibility index (Phi) is 6.25. The summed E-state index contributed by atoms with van der Waals surface area (Å²) >= 11 is 8.04. The molecule has 0 saturated carbocycles. The first-order valence-corrected chi connectivity index (χ1v) is 7.19. The van der Waals surface area contributed by atoms with Crippen molar-refractivity contribution in [2.45, 2.75) is 44.0 Å². The molecule has 0 aliphatic rings. The van der Waals surface area contributed by atoms with Gasteiger partial charge in [-0.2, -0.15) is 0 Å².